The third-order valence-electron chi connectivity index (χ3n) is 6.02. The Hall–Kier alpha value is -2.46. The average molecular weight is 423 g/mol. The second kappa shape index (κ2) is 7.99. The molecule has 4 rings (SSSR count). The van der Waals surface area contributed by atoms with E-state index in [0.29, 0.717) is 5.71 Å². The van der Waals surface area contributed by atoms with Gasteiger partial charge in [0, 0.05) is 26.7 Å². The van der Waals surface area contributed by atoms with Crippen LogP contribution in [0, 0.1) is 17.8 Å². The first-order chi connectivity index (χ1) is 14.3. The van der Waals surface area contributed by atoms with Crippen molar-refractivity contribution in [1.82, 2.24) is 0 Å². The highest BCUT2D eigenvalue weighted by atomic mass is 16.7. The van der Waals surface area contributed by atoms with Crippen molar-refractivity contribution in [2.75, 3.05) is 6.61 Å². The minimum atomic E-state index is -1.18. The van der Waals surface area contributed by atoms with Crippen molar-refractivity contribution in [2.24, 2.45) is 22.9 Å². The molecule has 164 valence electrons. The summed E-state index contributed by atoms with van der Waals surface area (Å²) >= 11 is 0. The van der Waals surface area contributed by atoms with Crippen molar-refractivity contribution >= 4 is 23.6 Å². The molecule has 0 radical (unpaired) electrons. The summed E-state index contributed by atoms with van der Waals surface area (Å²) in [7, 11) is 0. The lowest BCUT2D eigenvalue weighted by Gasteiger charge is -2.44. The van der Waals surface area contributed by atoms with Crippen molar-refractivity contribution < 1.29 is 43.3 Å². The van der Waals surface area contributed by atoms with Crippen molar-refractivity contribution in [3.8, 4) is 0 Å². The summed E-state index contributed by atoms with van der Waals surface area (Å²) in [6, 6.07) is 0. The second-order valence-electron chi connectivity index (χ2n) is 8.06. The number of fused-ring (bicyclic) bond motifs is 5. The van der Waals surface area contributed by atoms with Crippen LogP contribution in [0.15, 0.2) is 17.3 Å². The molecule has 4 aliphatic rings. The normalized spacial score (nSPS) is 40.9. The largest absolute Gasteiger partial charge is 0.456 e. The maximum atomic E-state index is 11.9. The molecule has 2 bridgehead atoms. The molecule has 2 fully saturated rings. The summed E-state index contributed by atoms with van der Waals surface area (Å²) in [4.78, 5) is 41.0. The number of carbonyl (C=O) groups excluding carboxylic acids is 3. The number of esters is 3. The van der Waals surface area contributed by atoms with Gasteiger partial charge in [-0.05, 0) is 12.3 Å². The number of aliphatic hydroxyl groups excluding tert-OH is 1. The first-order valence-electron chi connectivity index (χ1n) is 10.00. The molecule has 10 heteroatoms. The fourth-order valence-electron chi connectivity index (χ4n) is 5.01. The average Bonchev–Trinajstić information content (AvgIpc) is 3.37. The second-order valence-corrected chi connectivity index (χ2v) is 8.06. The summed E-state index contributed by atoms with van der Waals surface area (Å²) in [6.07, 6.45) is -0.343. The molecule has 2 heterocycles. The summed E-state index contributed by atoms with van der Waals surface area (Å²) in [5.41, 5.74) is 0.542. The monoisotopic (exact) mass is 423 g/mol. The molecule has 0 aromatic heterocycles. The van der Waals surface area contributed by atoms with E-state index in [-0.39, 0.29) is 23.9 Å². The zero-order valence-electron chi connectivity index (χ0n) is 16.9. The van der Waals surface area contributed by atoms with Gasteiger partial charge >= 0.3 is 17.9 Å². The SMILES string of the molecule is CC(=O)O[C@@H]1[C@@H](OC(C)=O)[C@H](C2=NOC3C4C=CC(C4)C23)O[C@H](CO)[C@H]1OC(C)=O. The Morgan fingerprint density at radius 2 is 1.60 bits per heavy atom. The van der Waals surface area contributed by atoms with Gasteiger partial charge in [0.2, 0.25) is 0 Å². The van der Waals surface area contributed by atoms with E-state index in [9.17, 15) is 19.5 Å². The minimum Gasteiger partial charge on any atom is -0.456 e. The number of aliphatic hydroxyl groups is 1. The van der Waals surface area contributed by atoms with E-state index in [0.717, 1.165) is 6.42 Å². The first-order valence-corrected chi connectivity index (χ1v) is 10.00. The summed E-state index contributed by atoms with van der Waals surface area (Å²) < 4.78 is 22.2. The number of nitrogens with zero attached hydrogens (tertiary/aromatic N) is 1. The topological polar surface area (TPSA) is 130 Å². The highest BCUT2D eigenvalue weighted by Gasteiger charge is 2.59. The first kappa shape index (κ1) is 20.8. The Kier molecular flexibility index (Phi) is 5.54. The maximum Gasteiger partial charge on any atom is 0.303 e. The van der Waals surface area contributed by atoms with E-state index in [4.69, 9.17) is 23.8 Å². The zero-order chi connectivity index (χ0) is 21.6. The number of ether oxygens (including phenoxy) is 4. The van der Waals surface area contributed by atoms with Gasteiger partial charge in [0.15, 0.2) is 18.3 Å². The molecule has 4 unspecified atom stereocenters. The molecule has 1 saturated carbocycles. The lowest BCUT2D eigenvalue weighted by molar-refractivity contribution is -0.240. The fourth-order valence-corrected chi connectivity index (χ4v) is 5.01. The molecular formula is C20H25NO9. The molecule has 0 spiro atoms. The van der Waals surface area contributed by atoms with E-state index in [2.05, 4.69) is 17.3 Å². The van der Waals surface area contributed by atoms with Crippen molar-refractivity contribution in [1.29, 1.82) is 0 Å². The highest BCUT2D eigenvalue weighted by Crippen LogP contribution is 2.50. The Morgan fingerprint density at radius 1 is 1.00 bits per heavy atom. The van der Waals surface area contributed by atoms with Crippen LogP contribution in [0.1, 0.15) is 27.2 Å². The van der Waals surface area contributed by atoms with Gasteiger partial charge in [-0.15, -0.1) is 0 Å². The fraction of sp³-hybridized carbons (Fsp3) is 0.700. The molecule has 2 aliphatic carbocycles. The smallest absolute Gasteiger partial charge is 0.303 e. The van der Waals surface area contributed by atoms with E-state index in [1.54, 1.807) is 0 Å². The van der Waals surface area contributed by atoms with Crippen LogP contribution < -0.4 is 0 Å². The quantitative estimate of drug-likeness (QED) is 0.372. The Labute approximate surface area is 173 Å². The Morgan fingerprint density at radius 3 is 2.23 bits per heavy atom. The number of carbonyl (C=O) groups is 3. The van der Waals surface area contributed by atoms with Gasteiger partial charge < -0.3 is 28.9 Å². The standard InChI is InChI=1S/C20H25NO9/c1-8(23)26-17-13(7-22)29-18(20(28-10(3)25)19(17)27-9(2)24)15-14-11-4-5-12(6-11)16(14)30-21-15/h4-5,11-14,16-20,22H,6-7H2,1-3H3/t11?,12?,13-,14?,16?,17-,18+,19+,20+/m1/s1. The van der Waals surface area contributed by atoms with Crippen LogP contribution >= 0.6 is 0 Å². The number of hydrogen-bond donors (Lipinski definition) is 1. The van der Waals surface area contributed by atoms with Crippen LogP contribution in [-0.2, 0) is 38.2 Å². The number of rotatable bonds is 5. The van der Waals surface area contributed by atoms with Crippen molar-refractivity contribution in [3.63, 3.8) is 0 Å². The zero-order valence-corrected chi connectivity index (χ0v) is 16.9. The Bertz CT molecular complexity index is 793. The predicted octanol–water partition coefficient (Wildman–Crippen LogP) is 0.118. The summed E-state index contributed by atoms with van der Waals surface area (Å²) in [6.45, 7) is 3.10. The van der Waals surface area contributed by atoms with E-state index < -0.39 is 55.0 Å². The van der Waals surface area contributed by atoms with Crippen LogP contribution in [0.3, 0.4) is 0 Å². The molecule has 0 aromatic rings. The van der Waals surface area contributed by atoms with Gasteiger partial charge in [0.1, 0.15) is 18.3 Å². The van der Waals surface area contributed by atoms with Crippen LogP contribution in [0.4, 0.5) is 0 Å². The van der Waals surface area contributed by atoms with Crippen molar-refractivity contribution in [3.05, 3.63) is 12.2 Å². The third-order valence-corrected chi connectivity index (χ3v) is 6.02. The summed E-state index contributed by atoms with van der Waals surface area (Å²) in [5, 5.41) is 14.1. The number of allylic oxidation sites excluding steroid dienone is 1. The van der Waals surface area contributed by atoms with Gasteiger partial charge in [0.05, 0.1) is 18.2 Å². The van der Waals surface area contributed by atoms with Gasteiger partial charge in [-0.1, -0.05) is 17.3 Å². The molecule has 1 N–H and O–H groups in total. The number of oxime groups is 1. The number of hydrogen-bond acceptors (Lipinski definition) is 10. The van der Waals surface area contributed by atoms with Crippen LogP contribution in [0.5, 0.6) is 0 Å². The molecule has 2 aliphatic heterocycles. The van der Waals surface area contributed by atoms with Gasteiger partial charge in [-0.3, -0.25) is 14.4 Å². The highest BCUT2D eigenvalue weighted by molar-refractivity contribution is 5.94. The van der Waals surface area contributed by atoms with Gasteiger partial charge in [0.25, 0.3) is 0 Å². The minimum absolute atomic E-state index is 0.0642. The molecule has 1 saturated heterocycles. The summed E-state index contributed by atoms with van der Waals surface area (Å²) in [5.74, 6) is -1.53. The van der Waals surface area contributed by atoms with Crippen LogP contribution in [0.25, 0.3) is 0 Å². The van der Waals surface area contributed by atoms with Crippen LogP contribution in [-0.4, -0.2) is 72.0 Å². The molecule has 10 nitrogen and oxygen atoms in total. The lowest BCUT2D eigenvalue weighted by atomic mass is 9.81. The van der Waals surface area contributed by atoms with Crippen LogP contribution in [0.2, 0.25) is 0 Å². The molecule has 9 atom stereocenters. The lowest BCUT2D eigenvalue weighted by Crippen LogP contribution is -2.64. The maximum absolute atomic E-state index is 11.9. The Balaban J connectivity index is 1.69. The predicted molar refractivity (Wildman–Crippen MR) is 98.9 cm³/mol. The van der Waals surface area contributed by atoms with Gasteiger partial charge in [-0.2, -0.15) is 0 Å². The molecule has 30 heavy (non-hydrogen) atoms. The molecular weight excluding hydrogens is 398 g/mol. The third kappa shape index (κ3) is 3.58. The van der Waals surface area contributed by atoms with Crippen molar-refractivity contribution in [2.45, 2.75) is 63.8 Å². The van der Waals surface area contributed by atoms with E-state index >= 15 is 0 Å². The van der Waals surface area contributed by atoms with E-state index in [1.807, 2.05) is 0 Å². The van der Waals surface area contributed by atoms with E-state index in [1.165, 1.54) is 20.8 Å². The molecule has 0 amide bonds. The van der Waals surface area contributed by atoms with Gasteiger partial charge in [-0.25, -0.2) is 0 Å². The molecule has 0 aromatic carbocycles.